The number of amides is 2. The summed E-state index contributed by atoms with van der Waals surface area (Å²) in [5.74, 6) is 1.07. The summed E-state index contributed by atoms with van der Waals surface area (Å²) >= 11 is 0. The molecule has 118 valence electrons. The average Bonchev–Trinajstić information content (AvgIpc) is 2.84. The molecular formula is C16H22N4O2. The van der Waals surface area contributed by atoms with Crippen LogP contribution in [0.5, 0.6) is 0 Å². The van der Waals surface area contributed by atoms with Gasteiger partial charge >= 0.3 is 6.03 Å². The predicted molar refractivity (Wildman–Crippen MR) is 87.3 cm³/mol. The molecule has 1 aromatic carbocycles. The number of rotatable bonds is 5. The molecular weight excluding hydrogens is 280 g/mol. The van der Waals surface area contributed by atoms with Crippen molar-refractivity contribution < 1.29 is 9.32 Å². The highest BCUT2D eigenvalue weighted by Crippen LogP contribution is 2.13. The molecule has 2 N–H and O–H groups in total. The molecule has 0 saturated heterocycles. The largest absolute Gasteiger partial charge is 0.378 e. The van der Waals surface area contributed by atoms with Crippen LogP contribution in [-0.4, -0.2) is 31.3 Å². The third-order valence-corrected chi connectivity index (χ3v) is 3.24. The molecule has 0 aliphatic heterocycles. The minimum absolute atomic E-state index is 0.0122. The van der Waals surface area contributed by atoms with Crippen molar-refractivity contribution in [2.24, 2.45) is 0 Å². The maximum absolute atomic E-state index is 11.9. The molecule has 0 aliphatic rings. The van der Waals surface area contributed by atoms with Gasteiger partial charge in [-0.3, -0.25) is 5.32 Å². The Kier molecular flexibility index (Phi) is 5.04. The quantitative estimate of drug-likeness (QED) is 0.891. The van der Waals surface area contributed by atoms with E-state index in [4.69, 9.17) is 4.52 Å². The summed E-state index contributed by atoms with van der Waals surface area (Å²) in [6, 6.07) is 9.69. The Morgan fingerprint density at radius 1 is 1.32 bits per heavy atom. The lowest BCUT2D eigenvalue weighted by atomic mass is 10.1. The Balaban J connectivity index is 1.84. The van der Waals surface area contributed by atoms with E-state index >= 15 is 0 Å². The number of urea groups is 1. The van der Waals surface area contributed by atoms with Gasteiger partial charge in [0.25, 0.3) is 0 Å². The van der Waals surface area contributed by atoms with E-state index in [0.717, 1.165) is 12.1 Å². The molecule has 6 heteroatoms. The van der Waals surface area contributed by atoms with Crippen LogP contribution in [-0.2, 0) is 6.42 Å². The zero-order chi connectivity index (χ0) is 16.1. The standard InChI is InChI=1S/C16H22N4O2/c1-11(9-13-5-7-14(8-6-13)20(3)4)17-16(21)18-15-10-12(2)22-19-15/h5-8,10-11H,9H2,1-4H3,(H2,17,18,19,21)/t11-/m0/s1. The molecule has 2 rings (SSSR count). The Bertz CT molecular complexity index is 619. The van der Waals surface area contributed by atoms with Gasteiger partial charge in [0.1, 0.15) is 5.76 Å². The van der Waals surface area contributed by atoms with Gasteiger partial charge in [-0.15, -0.1) is 0 Å². The molecule has 0 unspecified atom stereocenters. The molecule has 0 aliphatic carbocycles. The van der Waals surface area contributed by atoms with Crippen LogP contribution < -0.4 is 15.5 Å². The van der Waals surface area contributed by atoms with E-state index in [1.807, 2.05) is 21.0 Å². The lowest BCUT2D eigenvalue weighted by molar-refractivity contribution is 0.249. The van der Waals surface area contributed by atoms with Crippen LogP contribution in [0.2, 0.25) is 0 Å². The molecule has 2 amide bonds. The van der Waals surface area contributed by atoms with Crippen molar-refractivity contribution in [3.05, 3.63) is 41.7 Å². The minimum atomic E-state index is -0.286. The maximum atomic E-state index is 11.9. The van der Waals surface area contributed by atoms with Crippen molar-refractivity contribution in [2.75, 3.05) is 24.3 Å². The third kappa shape index (κ3) is 4.51. The molecule has 1 aromatic heterocycles. The Hall–Kier alpha value is -2.50. The normalized spacial score (nSPS) is 11.8. The first-order chi connectivity index (χ1) is 10.4. The number of hydrogen-bond acceptors (Lipinski definition) is 4. The van der Waals surface area contributed by atoms with Gasteiger partial charge in [0.2, 0.25) is 0 Å². The van der Waals surface area contributed by atoms with Crippen molar-refractivity contribution >= 4 is 17.5 Å². The Morgan fingerprint density at radius 3 is 2.55 bits per heavy atom. The first-order valence-electron chi connectivity index (χ1n) is 7.21. The highest BCUT2D eigenvalue weighted by Gasteiger charge is 2.10. The van der Waals surface area contributed by atoms with Crippen LogP contribution in [0.1, 0.15) is 18.2 Å². The number of anilines is 2. The molecule has 0 fully saturated rings. The summed E-state index contributed by atoms with van der Waals surface area (Å²) in [6.07, 6.45) is 0.763. The summed E-state index contributed by atoms with van der Waals surface area (Å²) in [6.45, 7) is 3.74. The van der Waals surface area contributed by atoms with Crippen molar-refractivity contribution in [1.29, 1.82) is 0 Å². The van der Waals surface area contributed by atoms with Crippen LogP contribution in [0, 0.1) is 6.92 Å². The van der Waals surface area contributed by atoms with Gasteiger partial charge in [-0.05, 0) is 38.0 Å². The summed E-state index contributed by atoms with van der Waals surface area (Å²) in [5, 5.41) is 9.24. The minimum Gasteiger partial charge on any atom is -0.378 e. The van der Waals surface area contributed by atoms with Crippen LogP contribution >= 0.6 is 0 Å². The molecule has 0 radical (unpaired) electrons. The summed E-state index contributed by atoms with van der Waals surface area (Å²) in [5.41, 5.74) is 2.33. The monoisotopic (exact) mass is 302 g/mol. The van der Waals surface area contributed by atoms with Gasteiger partial charge in [-0.25, -0.2) is 4.79 Å². The van der Waals surface area contributed by atoms with Crippen LogP contribution in [0.15, 0.2) is 34.9 Å². The van der Waals surface area contributed by atoms with Crippen molar-refractivity contribution in [3.63, 3.8) is 0 Å². The van der Waals surface area contributed by atoms with Crippen molar-refractivity contribution in [3.8, 4) is 0 Å². The van der Waals surface area contributed by atoms with Gasteiger partial charge in [-0.2, -0.15) is 0 Å². The fourth-order valence-electron chi connectivity index (χ4n) is 2.14. The molecule has 1 heterocycles. The number of carbonyl (C=O) groups excluding carboxylic acids is 1. The highest BCUT2D eigenvalue weighted by atomic mass is 16.5. The van der Waals surface area contributed by atoms with Crippen LogP contribution in [0.4, 0.5) is 16.3 Å². The Morgan fingerprint density at radius 2 is 2.00 bits per heavy atom. The van der Waals surface area contributed by atoms with Gasteiger partial charge < -0.3 is 14.7 Å². The van der Waals surface area contributed by atoms with Gasteiger partial charge in [0.05, 0.1) is 0 Å². The molecule has 0 saturated carbocycles. The average molecular weight is 302 g/mol. The second-order valence-corrected chi connectivity index (χ2v) is 5.59. The number of aryl methyl sites for hydroxylation is 1. The fraction of sp³-hybridized carbons (Fsp3) is 0.375. The van der Waals surface area contributed by atoms with Gasteiger partial charge in [0.15, 0.2) is 5.82 Å². The molecule has 2 aromatic rings. The lowest BCUT2D eigenvalue weighted by Crippen LogP contribution is -2.37. The van der Waals surface area contributed by atoms with Gasteiger partial charge in [-0.1, -0.05) is 17.3 Å². The first kappa shape index (κ1) is 15.9. The van der Waals surface area contributed by atoms with Gasteiger partial charge in [0, 0.05) is 31.9 Å². The van der Waals surface area contributed by atoms with E-state index in [1.54, 1.807) is 13.0 Å². The Labute approximate surface area is 130 Å². The fourth-order valence-corrected chi connectivity index (χ4v) is 2.14. The SMILES string of the molecule is Cc1cc(NC(=O)N[C@@H](C)Cc2ccc(N(C)C)cc2)no1. The number of aromatic nitrogens is 1. The maximum Gasteiger partial charge on any atom is 0.320 e. The van der Waals surface area contributed by atoms with E-state index < -0.39 is 0 Å². The second-order valence-electron chi connectivity index (χ2n) is 5.59. The number of nitrogens with one attached hydrogen (secondary N) is 2. The zero-order valence-electron chi connectivity index (χ0n) is 13.4. The van der Waals surface area contributed by atoms with E-state index in [2.05, 4.69) is 45.0 Å². The second kappa shape index (κ2) is 6.98. The van der Waals surface area contributed by atoms with Crippen molar-refractivity contribution in [2.45, 2.75) is 26.3 Å². The molecule has 6 nitrogen and oxygen atoms in total. The zero-order valence-corrected chi connectivity index (χ0v) is 13.4. The molecule has 1 atom stereocenters. The number of benzene rings is 1. The smallest absolute Gasteiger partial charge is 0.320 e. The third-order valence-electron chi connectivity index (χ3n) is 3.24. The number of hydrogen-bond donors (Lipinski definition) is 2. The summed E-state index contributed by atoms with van der Waals surface area (Å²) < 4.78 is 4.90. The summed E-state index contributed by atoms with van der Waals surface area (Å²) in [4.78, 5) is 13.9. The molecule has 0 bridgehead atoms. The first-order valence-corrected chi connectivity index (χ1v) is 7.21. The van der Waals surface area contributed by atoms with Crippen LogP contribution in [0.25, 0.3) is 0 Å². The van der Waals surface area contributed by atoms with Crippen molar-refractivity contribution in [1.82, 2.24) is 10.5 Å². The highest BCUT2D eigenvalue weighted by molar-refractivity contribution is 5.88. The van der Waals surface area contributed by atoms with E-state index in [0.29, 0.717) is 11.6 Å². The van der Waals surface area contributed by atoms with E-state index in [1.165, 1.54) is 5.56 Å². The predicted octanol–water partition coefficient (Wildman–Crippen LogP) is 2.80. The number of nitrogens with zero attached hydrogens (tertiary/aromatic N) is 2. The molecule has 0 spiro atoms. The van der Waals surface area contributed by atoms with E-state index in [9.17, 15) is 4.79 Å². The van der Waals surface area contributed by atoms with E-state index in [-0.39, 0.29) is 12.1 Å². The number of carbonyl (C=O) groups is 1. The lowest BCUT2D eigenvalue weighted by Gasteiger charge is -2.16. The summed E-state index contributed by atoms with van der Waals surface area (Å²) in [7, 11) is 4.02. The van der Waals surface area contributed by atoms with Crippen LogP contribution in [0.3, 0.4) is 0 Å². The topological polar surface area (TPSA) is 70.4 Å². The molecule has 22 heavy (non-hydrogen) atoms.